The summed E-state index contributed by atoms with van der Waals surface area (Å²) in [6.45, 7) is 2.22. The predicted octanol–water partition coefficient (Wildman–Crippen LogP) is 0.671. The van der Waals surface area contributed by atoms with Crippen LogP contribution in [0.3, 0.4) is 0 Å². The van der Waals surface area contributed by atoms with Gasteiger partial charge in [0.05, 0.1) is 12.8 Å². The van der Waals surface area contributed by atoms with E-state index in [2.05, 4.69) is 9.97 Å². The molecule has 0 radical (unpaired) electrons. The van der Waals surface area contributed by atoms with Crippen molar-refractivity contribution in [2.45, 2.75) is 6.42 Å². The number of ether oxygens (including phenoxy) is 1. The van der Waals surface area contributed by atoms with Gasteiger partial charge in [-0.25, -0.2) is 9.37 Å². The van der Waals surface area contributed by atoms with Crippen LogP contribution >= 0.6 is 0 Å². The quantitative estimate of drug-likeness (QED) is 0.820. The number of halogens is 1. The van der Waals surface area contributed by atoms with E-state index in [1.165, 1.54) is 0 Å². The molecule has 0 spiro atoms. The average molecular weight is 226 g/mol. The van der Waals surface area contributed by atoms with Gasteiger partial charge in [0.2, 0.25) is 5.95 Å². The average Bonchev–Trinajstić information content (AvgIpc) is 2.71. The molecule has 0 amide bonds. The van der Waals surface area contributed by atoms with Gasteiger partial charge in [-0.1, -0.05) is 0 Å². The number of hydrogen-bond donors (Lipinski definition) is 1. The smallest absolute Gasteiger partial charge is 0.222 e. The summed E-state index contributed by atoms with van der Waals surface area (Å²) in [5, 5.41) is 0. The lowest BCUT2D eigenvalue weighted by Crippen LogP contribution is -2.23. The molecule has 0 aromatic carbocycles. The summed E-state index contributed by atoms with van der Waals surface area (Å²) in [4.78, 5) is 9.42. The molecule has 2 rings (SSSR count). The lowest BCUT2D eigenvalue weighted by molar-refractivity contribution is 0.161. The second kappa shape index (κ2) is 4.61. The van der Waals surface area contributed by atoms with Crippen molar-refractivity contribution in [1.29, 1.82) is 0 Å². The van der Waals surface area contributed by atoms with Gasteiger partial charge >= 0.3 is 0 Å². The van der Waals surface area contributed by atoms with Crippen LogP contribution in [0.1, 0.15) is 6.42 Å². The highest BCUT2D eigenvalue weighted by Gasteiger charge is 2.25. The highest BCUT2D eigenvalue weighted by Crippen LogP contribution is 2.24. The normalized spacial score (nSPS) is 20.4. The van der Waals surface area contributed by atoms with Crippen LogP contribution in [0.4, 0.5) is 16.2 Å². The maximum absolute atomic E-state index is 13.5. The molecule has 1 aromatic heterocycles. The maximum Gasteiger partial charge on any atom is 0.222 e. The van der Waals surface area contributed by atoms with Gasteiger partial charge in [-0.3, -0.25) is 0 Å². The standard InChI is InChI=1S/C10H15FN4O/c1-16-6-7-2-3-15(5-7)9-8(11)4-13-10(12)14-9/h4,7H,2-3,5-6H2,1H3,(H2,12,13,14). The largest absolute Gasteiger partial charge is 0.384 e. The Labute approximate surface area is 93.4 Å². The SMILES string of the molecule is COCC1CCN(c2nc(N)ncc2F)C1. The molecule has 2 N–H and O–H groups in total. The Bertz CT molecular complexity index is 374. The van der Waals surface area contributed by atoms with E-state index in [9.17, 15) is 4.39 Å². The molecule has 2 heterocycles. The molecule has 0 aliphatic carbocycles. The Morgan fingerprint density at radius 1 is 1.69 bits per heavy atom. The van der Waals surface area contributed by atoms with Crippen molar-refractivity contribution < 1.29 is 9.13 Å². The van der Waals surface area contributed by atoms with E-state index in [-0.39, 0.29) is 5.95 Å². The molecule has 0 saturated carbocycles. The number of nitrogens with two attached hydrogens (primary N) is 1. The first-order valence-corrected chi connectivity index (χ1v) is 5.22. The monoisotopic (exact) mass is 226 g/mol. The molecule has 1 aliphatic rings. The summed E-state index contributed by atoms with van der Waals surface area (Å²) in [5.74, 6) is 0.408. The molecule has 1 aliphatic heterocycles. The van der Waals surface area contributed by atoms with Crippen molar-refractivity contribution in [3.8, 4) is 0 Å². The van der Waals surface area contributed by atoms with E-state index in [4.69, 9.17) is 10.5 Å². The van der Waals surface area contributed by atoms with E-state index in [1.807, 2.05) is 4.90 Å². The number of aromatic nitrogens is 2. The minimum Gasteiger partial charge on any atom is -0.384 e. The number of hydrogen-bond acceptors (Lipinski definition) is 5. The molecule has 1 atom stereocenters. The molecule has 5 nitrogen and oxygen atoms in total. The molecular formula is C10H15FN4O. The van der Waals surface area contributed by atoms with Gasteiger partial charge in [-0.2, -0.15) is 4.98 Å². The molecule has 1 saturated heterocycles. The summed E-state index contributed by atoms with van der Waals surface area (Å²) < 4.78 is 18.6. The Morgan fingerprint density at radius 2 is 2.50 bits per heavy atom. The molecule has 16 heavy (non-hydrogen) atoms. The second-order valence-corrected chi connectivity index (χ2v) is 3.96. The number of anilines is 2. The molecule has 0 bridgehead atoms. The van der Waals surface area contributed by atoms with E-state index in [0.29, 0.717) is 18.3 Å². The van der Waals surface area contributed by atoms with Crippen molar-refractivity contribution >= 4 is 11.8 Å². The van der Waals surface area contributed by atoms with Crippen LogP contribution in [0.25, 0.3) is 0 Å². The first-order chi connectivity index (χ1) is 7.70. The van der Waals surface area contributed by atoms with E-state index < -0.39 is 5.82 Å². The van der Waals surface area contributed by atoms with Gasteiger partial charge in [0, 0.05) is 26.1 Å². The Morgan fingerprint density at radius 3 is 3.25 bits per heavy atom. The highest BCUT2D eigenvalue weighted by atomic mass is 19.1. The molecular weight excluding hydrogens is 211 g/mol. The van der Waals surface area contributed by atoms with Crippen molar-refractivity contribution in [3.05, 3.63) is 12.0 Å². The van der Waals surface area contributed by atoms with Crippen LogP contribution in [-0.4, -0.2) is 36.8 Å². The van der Waals surface area contributed by atoms with Crippen LogP contribution < -0.4 is 10.6 Å². The zero-order chi connectivity index (χ0) is 11.5. The van der Waals surface area contributed by atoms with Crippen molar-refractivity contribution in [2.24, 2.45) is 5.92 Å². The maximum atomic E-state index is 13.5. The summed E-state index contributed by atoms with van der Waals surface area (Å²) in [6.07, 6.45) is 2.10. The fraction of sp³-hybridized carbons (Fsp3) is 0.600. The van der Waals surface area contributed by atoms with E-state index in [0.717, 1.165) is 25.7 Å². The summed E-state index contributed by atoms with van der Waals surface area (Å²) in [7, 11) is 1.67. The van der Waals surface area contributed by atoms with Gasteiger partial charge in [0.15, 0.2) is 11.6 Å². The lowest BCUT2D eigenvalue weighted by atomic mass is 10.1. The Balaban J connectivity index is 2.11. The topological polar surface area (TPSA) is 64.3 Å². The van der Waals surface area contributed by atoms with Crippen molar-refractivity contribution in [3.63, 3.8) is 0 Å². The van der Waals surface area contributed by atoms with Crippen LogP contribution in [0.2, 0.25) is 0 Å². The molecule has 1 fully saturated rings. The highest BCUT2D eigenvalue weighted by molar-refractivity contribution is 5.43. The van der Waals surface area contributed by atoms with Crippen LogP contribution in [0.5, 0.6) is 0 Å². The first-order valence-electron chi connectivity index (χ1n) is 5.22. The minimum atomic E-state index is -0.424. The minimum absolute atomic E-state index is 0.103. The van der Waals surface area contributed by atoms with Gasteiger partial charge < -0.3 is 15.4 Å². The third kappa shape index (κ3) is 2.21. The molecule has 1 unspecified atom stereocenters. The number of methoxy groups -OCH3 is 1. The Kier molecular flexibility index (Phi) is 3.19. The summed E-state index contributed by atoms with van der Waals surface area (Å²) in [6, 6.07) is 0. The second-order valence-electron chi connectivity index (χ2n) is 3.96. The van der Waals surface area contributed by atoms with Crippen LogP contribution in [-0.2, 0) is 4.74 Å². The Hall–Kier alpha value is -1.43. The van der Waals surface area contributed by atoms with Gasteiger partial charge in [-0.05, 0) is 6.42 Å². The summed E-state index contributed by atoms with van der Waals surface area (Å²) in [5.41, 5.74) is 5.45. The fourth-order valence-corrected chi connectivity index (χ4v) is 1.99. The lowest BCUT2D eigenvalue weighted by Gasteiger charge is -2.17. The molecule has 1 aromatic rings. The zero-order valence-corrected chi connectivity index (χ0v) is 9.19. The van der Waals surface area contributed by atoms with Crippen LogP contribution in [0.15, 0.2) is 6.20 Å². The fourth-order valence-electron chi connectivity index (χ4n) is 1.99. The number of nitrogen functional groups attached to an aromatic ring is 1. The van der Waals surface area contributed by atoms with Gasteiger partial charge in [0.1, 0.15) is 0 Å². The summed E-state index contributed by atoms with van der Waals surface area (Å²) >= 11 is 0. The predicted molar refractivity (Wildman–Crippen MR) is 58.6 cm³/mol. The third-order valence-electron chi connectivity index (χ3n) is 2.73. The zero-order valence-electron chi connectivity index (χ0n) is 9.19. The van der Waals surface area contributed by atoms with E-state index >= 15 is 0 Å². The van der Waals surface area contributed by atoms with Crippen LogP contribution in [0, 0.1) is 11.7 Å². The van der Waals surface area contributed by atoms with Gasteiger partial charge in [-0.15, -0.1) is 0 Å². The van der Waals surface area contributed by atoms with Crippen molar-refractivity contribution in [2.75, 3.05) is 37.4 Å². The number of rotatable bonds is 3. The molecule has 88 valence electrons. The third-order valence-corrected chi connectivity index (χ3v) is 2.73. The molecule has 6 heteroatoms. The van der Waals surface area contributed by atoms with Crippen molar-refractivity contribution in [1.82, 2.24) is 9.97 Å². The first kappa shape index (κ1) is 11.1. The van der Waals surface area contributed by atoms with Gasteiger partial charge in [0.25, 0.3) is 0 Å². The van der Waals surface area contributed by atoms with E-state index in [1.54, 1.807) is 7.11 Å². The number of nitrogens with zero attached hydrogens (tertiary/aromatic N) is 3.